The SMILES string of the molecule is COc1c(C)cc2c(c1O)[C@H](C)CC[C@H]2[C@H](C)CO[C@@H]1O[C@H](CO[C@@H]2OC[C@@H](O)[C@H](O)[C@H]2O)[C@@H](O)[C@H](O)[C@H]1O. The largest absolute Gasteiger partial charge is 0.504 e. The Morgan fingerprint density at radius 1 is 0.949 bits per heavy atom. The molecule has 222 valence electrons. The third-order valence-corrected chi connectivity index (χ3v) is 8.28. The molecule has 0 bridgehead atoms. The minimum absolute atomic E-state index is 0.0448. The molecule has 1 aromatic carbocycles. The maximum atomic E-state index is 10.9. The van der Waals surface area contributed by atoms with Crippen molar-refractivity contribution in [1.29, 1.82) is 0 Å². The van der Waals surface area contributed by atoms with Crippen molar-refractivity contribution in [1.82, 2.24) is 0 Å². The molecule has 12 heteroatoms. The highest BCUT2D eigenvalue weighted by Crippen LogP contribution is 2.50. The molecule has 2 aliphatic heterocycles. The van der Waals surface area contributed by atoms with Crippen LogP contribution in [0.1, 0.15) is 55.2 Å². The summed E-state index contributed by atoms with van der Waals surface area (Å²) in [6.07, 6.45) is -10.8. The van der Waals surface area contributed by atoms with E-state index >= 15 is 0 Å². The van der Waals surface area contributed by atoms with Gasteiger partial charge in [-0.15, -0.1) is 0 Å². The third kappa shape index (κ3) is 6.05. The highest BCUT2D eigenvalue weighted by atomic mass is 16.7. The molecule has 39 heavy (non-hydrogen) atoms. The van der Waals surface area contributed by atoms with Gasteiger partial charge in [0.05, 0.1) is 26.9 Å². The van der Waals surface area contributed by atoms with Gasteiger partial charge in [-0.2, -0.15) is 0 Å². The lowest BCUT2D eigenvalue weighted by Gasteiger charge is -2.42. The third-order valence-electron chi connectivity index (χ3n) is 8.28. The van der Waals surface area contributed by atoms with E-state index in [1.165, 1.54) is 7.11 Å². The number of benzene rings is 1. The zero-order valence-electron chi connectivity index (χ0n) is 22.7. The Morgan fingerprint density at radius 2 is 1.64 bits per heavy atom. The fourth-order valence-electron chi connectivity index (χ4n) is 5.90. The molecular weight excluding hydrogens is 516 g/mol. The molecule has 4 rings (SSSR count). The van der Waals surface area contributed by atoms with E-state index in [0.717, 1.165) is 29.5 Å². The molecule has 7 N–H and O–H groups in total. The quantitative estimate of drug-likeness (QED) is 0.219. The zero-order valence-corrected chi connectivity index (χ0v) is 22.7. The van der Waals surface area contributed by atoms with Crippen LogP contribution in [0.3, 0.4) is 0 Å². The Hall–Kier alpha value is -1.58. The van der Waals surface area contributed by atoms with E-state index in [2.05, 4.69) is 6.92 Å². The van der Waals surface area contributed by atoms with Gasteiger partial charge in [0.2, 0.25) is 0 Å². The van der Waals surface area contributed by atoms with Gasteiger partial charge in [0.15, 0.2) is 24.1 Å². The molecule has 1 aromatic rings. The Balaban J connectivity index is 1.40. The number of aryl methyl sites for hydroxylation is 1. The molecular formula is C27H42O12. The maximum Gasteiger partial charge on any atom is 0.186 e. The summed E-state index contributed by atoms with van der Waals surface area (Å²) in [7, 11) is 1.53. The Morgan fingerprint density at radius 3 is 2.33 bits per heavy atom. The van der Waals surface area contributed by atoms with Crippen LogP contribution < -0.4 is 4.74 Å². The van der Waals surface area contributed by atoms with Crippen LogP contribution in [0.15, 0.2) is 6.07 Å². The Kier molecular flexibility index (Phi) is 9.75. The minimum Gasteiger partial charge on any atom is -0.504 e. The number of methoxy groups -OCH3 is 1. The van der Waals surface area contributed by atoms with Crippen molar-refractivity contribution in [3.8, 4) is 11.5 Å². The number of hydrogen-bond donors (Lipinski definition) is 7. The number of aromatic hydroxyl groups is 1. The van der Waals surface area contributed by atoms with Gasteiger partial charge in [0, 0.05) is 5.56 Å². The van der Waals surface area contributed by atoms with Gasteiger partial charge in [0.1, 0.15) is 42.7 Å². The first kappa shape index (κ1) is 30.4. The normalized spacial score (nSPS) is 39.7. The van der Waals surface area contributed by atoms with E-state index in [4.69, 9.17) is 23.7 Å². The first-order valence-corrected chi connectivity index (χ1v) is 13.4. The summed E-state index contributed by atoms with van der Waals surface area (Å²) >= 11 is 0. The van der Waals surface area contributed by atoms with E-state index in [1.807, 2.05) is 19.9 Å². The van der Waals surface area contributed by atoms with Gasteiger partial charge in [-0.25, -0.2) is 0 Å². The lowest BCUT2D eigenvalue weighted by atomic mass is 9.72. The molecule has 2 fully saturated rings. The van der Waals surface area contributed by atoms with Crippen molar-refractivity contribution in [3.05, 3.63) is 22.8 Å². The number of phenols is 1. The number of ether oxygens (including phenoxy) is 5. The molecule has 2 heterocycles. The van der Waals surface area contributed by atoms with Gasteiger partial charge >= 0.3 is 0 Å². The topological polar surface area (TPSA) is 188 Å². The highest BCUT2D eigenvalue weighted by Gasteiger charge is 2.46. The predicted octanol–water partition coefficient (Wildman–Crippen LogP) is -0.394. The van der Waals surface area contributed by atoms with Crippen molar-refractivity contribution < 1.29 is 59.4 Å². The summed E-state index contributed by atoms with van der Waals surface area (Å²) in [4.78, 5) is 0. The number of hydrogen-bond acceptors (Lipinski definition) is 12. The highest BCUT2D eigenvalue weighted by molar-refractivity contribution is 5.57. The first-order valence-electron chi connectivity index (χ1n) is 13.4. The van der Waals surface area contributed by atoms with E-state index in [1.54, 1.807) is 0 Å². The smallest absolute Gasteiger partial charge is 0.186 e. The standard InChI is InChI=1S/C27H42O12/c1-11-5-6-14(15-7-12(2)25(35-4)21(31)18(11)15)13(3)8-36-27-24(34)22(32)20(30)17(39-27)10-38-26-23(33)19(29)16(28)9-37-26/h7,11,13-14,16-17,19-20,22-24,26-34H,5-6,8-10H2,1-4H3/t11-,13-,14+,16-,17-,19+,20-,22+,23-,24-,26+,27-/m1/s1. The molecule has 0 saturated carbocycles. The van der Waals surface area contributed by atoms with E-state index in [-0.39, 0.29) is 43.3 Å². The van der Waals surface area contributed by atoms with E-state index in [0.29, 0.717) is 5.75 Å². The van der Waals surface area contributed by atoms with Crippen LogP contribution in [0.25, 0.3) is 0 Å². The number of phenolic OH excluding ortho intramolecular Hbond substituents is 1. The fraction of sp³-hybridized carbons (Fsp3) is 0.778. The van der Waals surface area contributed by atoms with Crippen molar-refractivity contribution in [2.45, 2.75) is 101 Å². The second-order valence-corrected chi connectivity index (χ2v) is 11.1. The van der Waals surface area contributed by atoms with E-state index < -0.39 is 55.3 Å². The van der Waals surface area contributed by atoms with Crippen LogP contribution >= 0.6 is 0 Å². The summed E-state index contributed by atoms with van der Waals surface area (Å²) < 4.78 is 27.7. The molecule has 0 unspecified atom stereocenters. The lowest BCUT2D eigenvalue weighted by Crippen LogP contribution is -2.60. The summed E-state index contributed by atoms with van der Waals surface area (Å²) in [5.41, 5.74) is 2.74. The molecule has 12 atom stereocenters. The first-order chi connectivity index (χ1) is 18.5. The van der Waals surface area contributed by atoms with Crippen LogP contribution in [-0.4, -0.2) is 118 Å². The molecule has 2 saturated heterocycles. The summed E-state index contributed by atoms with van der Waals surface area (Å²) in [5.74, 6) is 0.820. The van der Waals surface area contributed by atoms with E-state index in [9.17, 15) is 35.7 Å². The van der Waals surface area contributed by atoms with Crippen molar-refractivity contribution in [2.75, 3.05) is 26.9 Å². The molecule has 3 aliphatic rings. The number of rotatable bonds is 8. The van der Waals surface area contributed by atoms with Crippen molar-refractivity contribution in [2.24, 2.45) is 5.92 Å². The second-order valence-electron chi connectivity index (χ2n) is 11.1. The van der Waals surface area contributed by atoms with Gasteiger partial charge in [0.25, 0.3) is 0 Å². The number of aliphatic hydroxyl groups is 6. The fourth-order valence-corrected chi connectivity index (χ4v) is 5.90. The van der Waals surface area contributed by atoms with Crippen molar-refractivity contribution in [3.63, 3.8) is 0 Å². The predicted molar refractivity (Wildman–Crippen MR) is 135 cm³/mol. The van der Waals surface area contributed by atoms with Crippen LogP contribution in [0.4, 0.5) is 0 Å². The average Bonchev–Trinajstić information content (AvgIpc) is 2.90. The number of aliphatic hydroxyl groups excluding tert-OH is 6. The van der Waals surface area contributed by atoms with Gasteiger partial charge in [-0.1, -0.05) is 19.9 Å². The molecule has 0 amide bonds. The lowest BCUT2D eigenvalue weighted by molar-refractivity contribution is -0.322. The average molecular weight is 559 g/mol. The van der Waals surface area contributed by atoms with Crippen molar-refractivity contribution >= 4 is 0 Å². The summed E-state index contributed by atoms with van der Waals surface area (Å²) in [5, 5.41) is 71.8. The monoisotopic (exact) mass is 558 g/mol. The second kappa shape index (κ2) is 12.5. The Labute approximate surface area is 227 Å². The van der Waals surface area contributed by atoms with Crippen LogP contribution in [0.2, 0.25) is 0 Å². The van der Waals surface area contributed by atoms with Gasteiger partial charge in [-0.05, 0) is 48.6 Å². The Bertz CT molecular complexity index is 975. The minimum atomic E-state index is -1.58. The van der Waals surface area contributed by atoms with Gasteiger partial charge in [-0.3, -0.25) is 0 Å². The molecule has 0 radical (unpaired) electrons. The zero-order chi connectivity index (χ0) is 28.6. The van der Waals surface area contributed by atoms with Crippen LogP contribution in [0.5, 0.6) is 11.5 Å². The van der Waals surface area contributed by atoms with Crippen LogP contribution in [0, 0.1) is 12.8 Å². The molecule has 1 aliphatic carbocycles. The maximum absolute atomic E-state index is 10.9. The number of fused-ring (bicyclic) bond motifs is 1. The summed E-state index contributed by atoms with van der Waals surface area (Å²) in [6, 6.07) is 2.04. The molecule has 0 aromatic heterocycles. The molecule has 12 nitrogen and oxygen atoms in total. The van der Waals surface area contributed by atoms with Crippen LogP contribution in [-0.2, 0) is 18.9 Å². The molecule has 0 spiro atoms. The summed E-state index contributed by atoms with van der Waals surface area (Å²) in [6.45, 7) is 5.53. The van der Waals surface area contributed by atoms with Gasteiger partial charge < -0.3 is 59.4 Å².